The summed E-state index contributed by atoms with van der Waals surface area (Å²) in [7, 11) is -2.16. The van der Waals surface area contributed by atoms with Gasteiger partial charge in [0.2, 0.25) is 5.88 Å². The maximum atomic E-state index is 13.4. The number of ether oxygens (including phenoxy) is 2. The zero-order valence-electron chi connectivity index (χ0n) is 24.6. The molecule has 0 aliphatic carbocycles. The Hall–Kier alpha value is -3.93. The van der Waals surface area contributed by atoms with Crippen LogP contribution in [0.15, 0.2) is 42.7 Å². The summed E-state index contributed by atoms with van der Waals surface area (Å²) in [6, 6.07) is 8.78. The molecule has 0 saturated carbocycles. The molecular formula is C27H36N5O12P. The smallest absolute Gasteiger partial charge is 0.471 e. The van der Waals surface area contributed by atoms with Crippen LogP contribution in [0.5, 0.6) is 11.6 Å². The van der Waals surface area contributed by atoms with Crippen molar-refractivity contribution in [2.24, 2.45) is 5.73 Å². The summed E-state index contributed by atoms with van der Waals surface area (Å²) >= 11 is 0. The number of Topliss-reactive ketones (excluding diaryl/α,β-unsaturated/α-hetero) is 1. The fourth-order valence-electron chi connectivity index (χ4n) is 4.28. The fourth-order valence-corrected chi connectivity index (χ4v) is 4.55. The number of aromatic nitrogens is 2. The number of phosphoric acid groups is 1. The number of pyridine rings is 1. The molecule has 2 aromatic heterocycles. The van der Waals surface area contributed by atoms with Crippen LogP contribution in [0.3, 0.4) is 0 Å². The van der Waals surface area contributed by atoms with Crippen LogP contribution < -0.4 is 15.2 Å². The van der Waals surface area contributed by atoms with Gasteiger partial charge in [0.25, 0.3) is 17.6 Å². The molecule has 7 N–H and O–H groups in total. The first kappa shape index (κ1) is 35.5. The number of nitrogens with zero attached hydrogens (tertiary/aromatic N) is 4. The minimum Gasteiger partial charge on any atom is -0.494 e. The van der Waals surface area contributed by atoms with Crippen molar-refractivity contribution in [3.8, 4) is 11.6 Å². The van der Waals surface area contributed by atoms with Gasteiger partial charge in [-0.05, 0) is 12.1 Å². The first-order valence-corrected chi connectivity index (χ1v) is 14.9. The number of benzene rings is 1. The van der Waals surface area contributed by atoms with Crippen molar-refractivity contribution in [2.45, 2.75) is 12.3 Å². The van der Waals surface area contributed by atoms with E-state index in [0.29, 0.717) is 5.56 Å². The van der Waals surface area contributed by atoms with Gasteiger partial charge in [0, 0.05) is 37.9 Å². The Morgan fingerprint density at radius 3 is 2.02 bits per heavy atom. The van der Waals surface area contributed by atoms with Crippen LogP contribution in [0.2, 0.25) is 0 Å². The van der Waals surface area contributed by atoms with Crippen molar-refractivity contribution in [3.63, 3.8) is 0 Å². The van der Waals surface area contributed by atoms with Crippen LogP contribution in [-0.4, -0.2) is 128 Å². The second-order valence-corrected chi connectivity index (χ2v) is 11.2. The van der Waals surface area contributed by atoms with Crippen LogP contribution in [0.1, 0.15) is 20.7 Å². The first-order chi connectivity index (χ1) is 21.3. The molecule has 1 fully saturated rings. The molecule has 0 unspecified atom stereocenters. The van der Waals surface area contributed by atoms with E-state index in [9.17, 15) is 18.9 Å². The van der Waals surface area contributed by atoms with Crippen LogP contribution in [0, 0.1) is 0 Å². The number of carbonyl (C=O) groups is 3. The molecule has 1 aromatic carbocycles. The monoisotopic (exact) mass is 653 g/mol. The number of nitrogens with two attached hydrogens (primary N) is 1. The van der Waals surface area contributed by atoms with Crippen molar-refractivity contribution >= 4 is 36.3 Å². The first-order valence-electron chi connectivity index (χ1n) is 13.4. The summed E-state index contributed by atoms with van der Waals surface area (Å²) < 4.78 is 27.7. The van der Waals surface area contributed by atoms with E-state index in [0.717, 1.165) is 0 Å². The number of aliphatic hydroxyl groups is 3. The summed E-state index contributed by atoms with van der Waals surface area (Å²) in [6.45, 7) is -1.03. The van der Waals surface area contributed by atoms with Crippen LogP contribution in [0.4, 0.5) is 0 Å². The third kappa shape index (κ3) is 8.62. The summed E-state index contributed by atoms with van der Waals surface area (Å²) in [6.07, 6.45) is 2.55. The highest BCUT2D eigenvalue weighted by Gasteiger charge is 2.32. The number of hydrogen-bond acceptors (Lipinski definition) is 12. The average Bonchev–Trinajstić information content (AvgIpc) is 3.46. The van der Waals surface area contributed by atoms with Crippen molar-refractivity contribution in [1.82, 2.24) is 19.4 Å². The van der Waals surface area contributed by atoms with Gasteiger partial charge in [0.15, 0.2) is 0 Å². The van der Waals surface area contributed by atoms with Crippen molar-refractivity contribution in [3.05, 3.63) is 53.9 Å². The number of hydrogen-bond donors (Lipinski definition) is 6. The topological polar surface area (TPSA) is 247 Å². The SMILES string of the molecule is COc1cnc(OC)c2c1c(C(=O)C(=O)N1CCN(C(=O)c3ccccc3)CC1)cn2COP(=O)(O)O.NC(CO)(CO)CO. The fraction of sp³-hybridized carbons (Fsp3) is 0.407. The van der Waals surface area contributed by atoms with E-state index in [1.807, 2.05) is 6.07 Å². The second-order valence-electron chi connectivity index (χ2n) is 9.94. The Bertz CT molecular complexity index is 1520. The average molecular weight is 654 g/mol. The normalized spacial score (nSPS) is 13.7. The van der Waals surface area contributed by atoms with Crippen molar-refractivity contribution in [1.29, 1.82) is 0 Å². The molecule has 1 aliphatic heterocycles. The van der Waals surface area contributed by atoms with Crippen LogP contribution in [-0.2, 0) is 20.6 Å². The molecule has 4 rings (SSSR count). The lowest BCUT2D eigenvalue weighted by Gasteiger charge is -2.34. The molecule has 0 atom stereocenters. The number of methoxy groups -OCH3 is 2. The van der Waals surface area contributed by atoms with Crippen molar-refractivity contribution < 1.29 is 58.1 Å². The molecule has 1 aliphatic rings. The molecule has 0 radical (unpaired) electrons. The Kier molecular flexibility index (Phi) is 12.1. The van der Waals surface area contributed by atoms with E-state index in [1.54, 1.807) is 29.2 Å². The predicted octanol–water partition coefficient (Wildman–Crippen LogP) is -1.05. The summed E-state index contributed by atoms with van der Waals surface area (Å²) in [5, 5.41) is 25.2. The van der Waals surface area contributed by atoms with Gasteiger partial charge in [-0.25, -0.2) is 9.55 Å². The number of ketones is 1. The molecule has 0 spiro atoms. The van der Waals surface area contributed by atoms with Gasteiger partial charge in [0.05, 0.1) is 56.7 Å². The van der Waals surface area contributed by atoms with Gasteiger partial charge >= 0.3 is 7.82 Å². The molecule has 2 amide bonds. The van der Waals surface area contributed by atoms with E-state index < -0.39 is 51.6 Å². The highest BCUT2D eigenvalue weighted by molar-refractivity contribution is 7.46. The Labute approximate surface area is 257 Å². The summed E-state index contributed by atoms with van der Waals surface area (Å²) in [4.78, 5) is 64.6. The number of aliphatic hydroxyl groups excluding tert-OH is 3. The third-order valence-corrected chi connectivity index (χ3v) is 7.31. The highest BCUT2D eigenvalue weighted by atomic mass is 31.2. The van der Waals surface area contributed by atoms with Crippen molar-refractivity contribution in [2.75, 3.05) is 60.2 Å². The van der Waals surface area contributed by atoms with Gasteiger partial charge in [-0.15, -0.1) is 0 Å². The lowest BCUT2D eigenvalue weighted by atomic mass is 10.1. The van der Waals surface area contributed by atoms with E-state index in [2.05, 4.69) is 9.51 Å². The summed E-state index contributed by atoms with van der Waals surface area (Å²) in [5.74, 6) is -1.63. The molecule has 45 heavy (non-hydrogen) atoms. The number of piperazine rings is 1. The number of rotatable bonds is 11. The highest BCUT2D eigenvalue weighted by Crippen LogP contribution is 2.39. The third-order valence-electron chi connectivity index (χ3n) is 6.86. The largest absolute Gasteiger partial charge is 0.494 e. The zero-order valence-corrected chi connectivity index (χ0v) is 25.5. The Morgan fingerprint density at radius 2 is 1.53 bits per heavy atom. The molecule has 0 bridgehead atoms. The van der Waals surface area contributed by atoms with Gasteiger partial charge < -0.3 is 54.7 Å². The van der Waals surface area contributed by atoms with Gasteiger partial charge in [0.1, 0.15) is 18.0 Å². The Morgan fingerprint density at radius 1 is 0.956 bits per heavy atom. The maximum absolute atomic E-state index is 13.4. The van der Waals surface area contributed by atoms with E-state index in [1.165, 1.54) is 36.1 Å². The minimum absolute atomic E-state index is 0.0321. The lowest BCUT2D eigenvalue weighted by molar-refractivity contribution is -0.127. The quantitative estimate of drug-likeness (QED) is 0.0821. The zero-order chi connectivity index (χ0) is 33.4. The maximum Gasteiger partial charge on any atom is 0.471 e. The minimum atomic E-state index is -4.85. The van der Waals surface area contributed by atoms with Gasteiger partial charge in [-0.3, -0.25) is 18.9 Å². The Balaban J connectivity index is 0.000000610. The summed E-state index contributed by atoms with van der Waals surface area (Å²) in [5.41, 5.74) is 4.56. The molecule has 246 valence electrons. The van der Waals surface area contributed by atoms with E-state index in [4.69, 9.17) is 40.3 Å². The lowest BCUT2D eigenvalue weighted by Crippen LogP contribution is -2.52. The standard InChI is InChI=1S/C23H25N4O9P.C4H11NO3/c1-34-17-12-24-21(35-2)19-18(17)16(13-27(19)14-36-37(31,32)33)20(28)23(30)26-10-8-25(9-11-26)22(29)15-6-4-3-5-7-15;5-4(1-6,2-7)3-8/h3-7,12-13H,8-11,14H2,1-2H3,(H2,31,32,33);6-8H,1-3,5H2. The van der Waals surface area contributed by atoms with E-state index in [-0.39, 0.29) is 60.2 Å². The van der Waals surface area contributed by atoms with E-state index >= 15 is 0 Å². The van der Waals surface area contributed by atoms with Gasteiger partial charge in [-0.2, -0.15) is 0 Å². The predicted molar refractivity (Wildman–Crippen MR) is 157 cm³/mol. The molecule has 3 heterocycles. The number of carbonyl (C=O) groups excluding carboxylic acids is 3. The molecule has 3 aromatic rings. The van der Waals surface area contributed by atoms with Gasteiger partial charge in [-0.1, -0.05) is 18.2 Å². The molecule has 1 saturated heterocycles. The van der Waals surface area contributed by atoms with Crippen LogP contribution >= 0.6 is 7.82 Å². The molecule has 17 nitrogen and oxygen atoms in total. The molecular weight excluding hydrogens is 617 g/mol. The number of fused-ring (bicyclic) bond motifs is 1. The number of amides is 2. The second kappa shape index (κ2) is 15.4. The molecule has 18 heteroatoms. The van der Waals surface area contributed by atoms with Crippen LogP contribution in [0.25, 0.3) is 10.9 Å². The number of phosphoric ester groups is 1.